The highest BCUT2D eigenvalue weighted by Gasteiger charge is 2.30. The van der Waals surface area contributed by atoms with Gasteiger partial charge in [0, 0.05) is 23.2 Å². The Labute approximate surface area is 159 Å². The molecule has 4 rings (SSSR count). The molecule has 1 unspecified atom stereocenters. The van der Waals surface area contributed by atoms with Crippen LogP contribution in [-0.4, -0.2) is 24.5 Å². The first-order valence-corrected chi connectivity index (χ1v) is 9.79. The molecule has 2 aliphatic rings. The summed E-state index contributed by atoms with van der Waals surface area (Å²) in [5.74, 6) is 1.89. The maximum Gasteiger partial charge on any atom is 0.182 e. The third-order valence-corrected chi connectivity index (χ3v) is 5.71. The lowest BCUT2D eigenvalue weighted by Gasteiger charge is -2.21. The summed E-state index contributed by atoms with van der Waals surface area (Å²) in [6.45, 7) is 2.85. The van der Waals surface area contributed by atoms with Crippen LogP contribution in [0.2, 0.25) is 0 Å². The monoisotopic (exact) mass is 369 g/mol. The third kappa shape index (κ3) is 3.59. The number of hydroxylamine groups is 2. The van der Waals surface area contributed by atoms with Crippen LogP contribution in [0.15, 0.2) is 24.3 Å². The van der Waals surface area contributed by atoms with Crippen LogP contribution in [0.5, 0.6) is 5.75 Å². The number of aromatic nitrogens is 1. The van der Waals surface area contributed by atoms with Crippen molar-refractivity contribution in [3.05, 3.63) is 46.3 Å². The maximum atomic E-state index is 12.8. The number of hydrogen-bond acceptors (Lipinski definition) is 4. The average molecular weight is 369 g/mol. The Kier molecular flexibility index (Phi) is 4.93. The van der Waals surface area contributed by atoms with Gasteiger partial charge in [-0.1, -0.05) is 25.3 Å². The van der Waals surface area contributed by atoms with Gasteiger partial charge >= 0.3 is 0 Å². The van der Waals surface area contributed by atoms with Crippen molar-refractivity contribution in [1.29, 1.82) is 0 Å². The molecule has 0 radical (unpaired) electrons. The second-order valence-corrected chi connectivity index (χ2v) is 7.79. The van der Waals surface area contributed by atoms with Crippen LogP contribution in [0.25, 0.3) is 0 Å². The molecule has 6 nitrogen and oxygen atoms in total. The zero-order valence-corrected chi connectivity index (χ0v) is 16.0. The normalized spacial score (nSPS) is 18.3. The maximum absolute atomic E-state index is 12.8. The first-order chi connectivity index (χ1) is 13.0. The number of hydrogen-bond donors (Lipinski definition) is 2. The SMILES string of the molecule is Cc1ccc(N2COc3cc(C(=O)C4CCCCC4)[nH]c32)cc1C[NH+](C)[O-]. The molecule has 1 aromatic carbocycles. The Morgan fingerprint density at radius 3 is 2.81 bits per heavy atom. The molecule has 2 aromatic rings. The fraction of sp³-hybridized carbons (Fsp3) is 0.476. The van der Waals surface area contributed by atoms with E-state index in [1.165, 1.54) is 6.42 Å². The van der Waals surface area contributed by atoms with Crippen molar-refractivity contribution in [3.63, 3.8) is 0 Å². The second-order valence-electron chi connectivity index (χ2n) is 7.79. The Hall–Kier alpha value is -2.31. The van der Waals surface area contributed by atoms with Gasteiger partial charge in [-0.3, -0.25) is 9.69 Å². The van der Waals surface area contributed by atoms with Crippen molar-refractivity contribution in [2.24, 2.45) is 5.92 Å². The molecular weight excluding hydrogens is 342 g/mol. The molecule has 1 atom stereocenters. The van der Waals surface area contributed by atoms with E-state index in [-0.39, 0.29) is 16.8 Å². The number of carbonyl (C=O) groups excluding carboxylic acids is 1. The van der Waals surface area contributed by atoms with Crippen LogP contribution in [-0.2, 0) is 6.54 Å². The summed E-state index contributed by atoms with van der Waals surface area (Å²) in [4.78, 5) is 18.1. The highest BCUT2D eigenvalue weighted by molar-refractivity contribution is 5.98. The number of nitrogens with zero attached hydrogens (tertiary/aromatic N) is 1. The first kappa shape index (κ1) is 18.1. The fourth-order valence-corrected chi connectivity index (χ4v) is 4.14. The van der Waals surface area contributed by atoms with E-state index in [4.69, 9.17) is 4.74 Å². The molecule has 2 N–H and O–H groups in total. The average Bonchev–Trinajstić information content (AvgIpc) is 3.24. The summed E-state index contributed by atoms with van der Waals surface area (Å²) in [6, 6.07) is 7.94. The van der Waals surface area contributed by atoms with E-state index >= 15 is 0 Å². The molecule has 144 valence electrons. The van der Waals surface area contributed by atoms with Gasteiger partial charge in [-0.15, -0.1) is 0 Å². The standard InChI is InChI=1S/C21H27N3O3/c1-14-8-9-17(10-16(14)12-23(2)26)24-13-27-19-11-18(22-21(19)24)20(25)15-6-4-3-5-7-15/h8-11,15,22-23H,3-7,12-13H2,1-2H3. The Morgan fingerprint density at radius 2 is 2.07 bits per heavy atom. The second kappa shape index (κ2) is 7.37. The number of fused-ring (bicyclic) bond motifs is 1. The largest absolute Gasteiger partial charge is 0.634 e. The molecule has 1 aliphatic carbocycles. The summed E-state index contributed by atoms with van der Waals surface area (Å²) in [6.07, 6.45) is 5.49. The Balaban J connectivity index is 1.58. The molecule has 0 bridgehead atoms. The number of aryl methyl sites for hydroxylation is 1. The number of quaternary nitrogens is 1. The molecule has 27 heavy (non-hydrogen) atoms. The molecule has 1 aromatic heterocycles. The number of anilines is 2. The Bertz CT molecular complexity index is 837. The number of aromatic amines is 1. The number of H-pyrrole nitrogens is 1. The first-order valence-electron chi connectivity index (χ1n) is 9.79. The van der Waals surface area contributed by atoms with E-state index in [0.717, 1.165) is 54.1 Å². The minimum absolute atomic E-state index is 0.132. The number of ether oxygens (including phenoxy) is 1. The fourth-order valence-electron chi connectivity index (χ4n) is 4.14. The van der Waals surface area contributed by atoms with Gasteiger partial charge < -0.3 is 20.0 Å². The predicted molar refractivity (Wildman–Crippen MR) is 104 cm³/mol. The van der Waals surface area contributed by atoms with Gasteiger partial charge in [-0.2, -0.15) is 0 Å². The van der Waals surface area contributed by atoms with E-state index in [0.29, 0.717) is 19.0 Å². The summed E-state index contributed by atoms with van der Waals surface area (Å²) >= 11 is 0. The highest BCUT2D eigenvalue weighted by Crippen LogP contribution is 2.40. The number of Topliss-reactive ketones (excluding diaryl/α,β-unsaturated/α-hetero) is 1. The molecule has 1 fully saturated rings. The molecule has 1 aliphatic heterocycles. The van der Waals surface area contributed by atoms with E-state index in [9.17, 15) is 10.0 Å². The van der Waals surface area contributed by atoms with Gasteiger partial charge in [0.25, 0.3) is 0 Å². The van der Waals surface area contributed by atoms with Gasteiger partial charge in [-0.25, -0.2) is 0 Å². The summed E-state index contributed by atoms with van der Waals surface area (Å²) in [5, 5.41) is 11.7. The molecule has 2 heterocycles. The van der Waals surface area contributed by atoms with Gasteiger partial charge in [0.15, 0.2) is 24.1 Å². The lowest BCUT2D eigenvalue weighted by molar-refractivity contribution is -0.840. The zero-order valence-electron chi connectivity index (χ0n) is 16.0. The smallest absolute Gasteiger partial charge is 0.182 e. The molecular formula is C21H27N3O3. The van der Waals surface area contributed by atoms with Gasteiger partial charge in [0.05, 0.1) is 12.7 Å². The van der Waals surface area contributed by atoms with Crippen LogP contribution in [0.4, 0.5) is 11.5 Å². The molecule has 0 amide bonds. The van der Waals surface area contributed by atoms with Crippen molar-refractivity contribution in [3.8, 4) is 5.75 Å². The van der Waals surface area contributed by atoms with Crippen molar-refractivity contribution >= 4 is 17.3 Å². The molecule has 0 saturated heterocycles. The number of carbonyl (C=O) groups is 1. The highest BCUT2D eigenvalue weighted by atomic mass is 16.5. The van der Waals surface area contributed by atoms with E-state index in [1.54, 1.807) is 7.05 Å². The number of nitrogens with one attached hydrogen (secondary N) is 2. The molecule has 1 saturated carbocycles. The topological polar surface area (TPSA) is 72.8 Å². The van der Waals surface area contributed by atoms with E-state index < -0.39 is 0 Å². The van der Waals surface area contributed by atoms with Gasteiger partial charge in [0.1, 0.15) is 6.54 Å². The minimum Gasteiger partial charge on any atom is -0.634 e. The van der Waals surface area contributed by atoms with E-state index in [1.807, 2.05) is 36.1 Å². The summed E-state index contributed by atoms with van der Waals surface area (Å²) in [5.41, 5.74) is 3.74. The van der Waals surface area contributed by atoms with Crippen LogP contribution >= 0.6 is 0 Å². The van der Waals surface area contributed by atoms with Gasteiger partial charge in [-0.05, 0) is 37.5 Å². The third-order valence-electron chi connectivity index (χ3n) is 5.71. The van der Waals surface area contributed by atoms with Crippen molar-refractivity contribution < 1.29 is 14.6 Å². The van der Waals surface area contributed by atoms with Crippen molar-refractivity contribution in [1.82, 2.24) is 4.98 Å². The summed E-state index contributed by atoms with van der Waals surface area (Å²) < 4.78 is 5.81. The predicted octanol–water partition coefficient (Wildman–Crippen LogP) is 3.09. The van der Waals surface area contributed by atoms with Crippen LogP contribution < -0.4 is 14.7 Å². The van der Waals surface area contributed by atoms with Crippen LogP contribution in [0.1, 0.15) is 53.7 Å². The lowest BCUT2D eigenvalue weighted by atomic mass is 9.85. The van der Waals surface area contributed by atoms with Gasteiger partial charge in [0.2, 0.25) is 0 Å². The van der Waals surface area contributed by atoms with E-state index in [2.05, 4.69) is 4.98 Å². The van der Waals surface area contributed by atoms with Crippen LogP contribution in [0, 0.1) is 18.0 Å². The van der Waals surface area contributed by atoms with Crippen molar-refractivity contribution in [2.45, 2.75) is 45.6 Å². The number of ketones is 1. The van der Waals surface area contributed by atoms with Crippen molar-refractivity contribution in [2.75, 3.05) is 18.7 Å². The Morgan fingerprint density at radius 1 is 1.30 bits per heavy atom. The minimum atomic E-state index is 0.132. The van der Waals surface area contributed by atoms with Crippen LogP contribution in [0.3, 0.4) is 0 Å². The number of benzene rings is 1. The quantitative estimate of drug-likeness (QED) is 0.627. The zero-order chi connectivity index (χ0) is 19.0. The molecule has 0 spiro atoms. The lowest BCUT2D eigenvalue weighted by Crippen LogP contribution is -3.02. The molecule has 6 heteroatoms. The summed E-state index contributed by atoms with van der Waals surface area (Å²) in [7, 11) is 1.61. The number of rotatable bonds is 5.